The molecule has 0 unspecified atom stereocenters. The first-order chi connectivity index (χ1) is 20.2. The number of nitrogens with zero attached hydrogens (tertiary/aromatic N) is 5. The van der Waals surface area contributed by atoms with Crippen LogP contribution in [-0.2, 0) is 4.74 Å². The molecule has 1 aliphatic carbocycles. The summed E-state index contributed by atoms with van der Waals surface area (Å²) in [7, 11) is 0. The molecular weight excluding hydrogens is 544 g/mol. The van der Waals surface area contributed by atoms with Crippen molar-refractivity contribution in [2.75, 3.05) is 41.5 Å². The molecule has 220 valence electrons. The second-order valence-electron chi connectivity index (χ2n) is 11.3. The lowest BCUT2D eigenvalue weighted by molar-refractivity contribution is 0.0794. The maximum absolute atomic E-state index is 14.5. The number of rotatable bonds is 7. The second-order valence-corrected chi connectivity index (χ2v) is 11.3. The first-order valence-corrected chi connectivity index (χ1v) is 14.1. The number of para-hydroxylation sites is 1. The van der Waals surface area contributed by atoms with E-state index in [-0.39, 0.29) is 23.2 Å². The fourth-order valence-electron chi connectivity index (χ4n) is 6.17. The van der Waals surface area contributed by atoms with Gasteiger partial charge in [0.25, 0.3) is 11.5 Å². The molecule has 3 heterocycles. The van der Waals surface area contributed by atoms with Gasteiger partial charge in [-0.25, -0.2) is 8.78 Å². The molecule has 12 heteroatoms. The Morgan fingerprint density at radius 2 is 1.95 bits per heavy atom. The summed E-state index contributed by atoms with van der Waals surface area (Å²) in [5, 5.41) is 13.1. The Morgan fingerprint density at radius 1 is 1.19 bits per heavy atom. The first-order valence-electron chi connectivity index (χ1n) is 14.1. The molecule has 3 N–H and O–H groups in total. The normalized spacial score (nSPS) is 20.9. The zero-order chi connectivity index (χ0) is 29.6. The van der Waals surface area contributed by atoms with Gasteiger partial charge in [-0.2, -0.15) is 14.9 Å². The molecule has 0 radical (unpaired) electrons. The van der Waals surface area contributed by atoms with E-state index in [0.717, 1.165) is 74.0 Å². The molecular formula is C30H33F2N7O3. The summed E-state index contributed by atoms with van der Waals surface area (Å²) < 4.78 is 35.2. The largest absolute Gasteiger partial charge is 0.379 e. The molecule has 0 bridgehead atoms. The number of hydrogen-bond acceptors (Lipinski definition) is 8. The predicted octanol–water partition coefficient (Wildman–Crippen LogP) is 3.60. The maximum Gasteiger partial charge on any atom is 0.276 e. The third-order valence-corrected chi connectivity index (χ3v) is 8.63. The highest BCUT2D eigenvalue weighted by atomic mass is 19.1. The van der Waals surface area contributed by atoms with Crippen LogP contribution in [0.3, 0.4) is 0 Å². The number of halogens is 2. The van der Waals surface area contributed by atoms with Gasteiger partial charge in [0, 0.05) is 43.9 Å². The Bertz CT molecular complexity index is 1580. The maximum atomic E-state index is 14.5. The van der Waals surface area contributed by atoms with E-state index in [9.17, 15) is 18.4 Å². The van der Waals surface area contributed by atoms with E-state index in [1.807, 2.05) is 18.0 Å². The molecule has 6 rings (SSSR count). The van der Waals surface area contributed by atoms with Crippen molar-refractivity contribution in [3.05, 3.63) is 75.7 Å². The van der Waals surface area contributed by atoms with Crippen LogP contribution >= 0.6 is 0 Å². The van der Waals surface area contributed by atoms with Gasteiger partial charge in [-0.3, -0.25) is 14.6 Å². The molecule has 1 amide bonds. The SMILES string of the molecule is C=NN(c1ccc(NC(=O)c2ccc(=O)n(-c3c(F)cccc3F)n2)c(N2C[C@H](N)C3(CC3)C2)c1C)[C@@H]1CCCOC1. The third-order valence-electron chi connectivity index (χ3n) is 8.63. The lowest BCUT2D eigenvalue weighted by atomic mass is 10.0. The van der Waals surface area contributed by atoms with Crippen LogP contribution in [0.5, 0.6) is 0 Å². The molecule has 1 saturated carbocycles. The van der Waals surface area contributed by atoms with E-state index in [1.54, 1.807) is 6.07 Å². The topological polar surface area (TPSA) is 118 Å². The average Bonchev–Trinajstić information content (AvgIpc) is 3.69. The van der Waals surface area contributed by atoms with Crippen LogP contribution in [0, 0.1) is 24.0 Å². The van der Waals surface area contributed by atoms with E-state index in [4.69, 9.17) is 10.5 Å². The number of benzene rings is 2. The lowest BCUT2D eigenvalue weighted by Gasteiger charge is -2.34. The molecule has 2 saturated heterocycles. The standard InChI is InChI=1S/C30H33F2N7O3/c1-18-24(38(34-2)19-5-4-14-42-16-19)10-8-22(27(18)37-15-25(33)30(17-37)12-13-30)35-29(41)23-9-11-26(40)39(36-23)28-20(31)6-3-7-21(28)32/h3,6-11,19,25H,2,4-5,12-17,33H2,1H3,(H,35,41)/t19-,25+/m1/s1. The quantitative estimate of drug-likeness (QED) is 0.326. The minimum Gasteiger partial charge on any atom is -0.379 e. The molecule has 3 fully saturated rings. The molecule has 1 aromatic heterocycles. The highest BCUT2D eigenvalue weighted by molar-refractivity contribution is 6.05. The number of aromatic nitrogens is 2. The van der Waals surface area contributed by atoms with Crippen LogP contribution in [0.1, 0.15) is 41.7 Å². The molecule has 10 nitrogen and oxygen atoms in total. The van der Waals surface area contributed by atoms with Gasteiger partial charge in [0.1, 0.15) is 11.4 Å². The minimum absolute atomic E-state index is 0.00498. The van der Waals surface area contributed by atoms with Crippen molar-refractivity contribution >= 4 is 29.7 Å². The number of carbonyl (C=O) groups is 1. The van der Waals surface area contributed by atoms with Crippen LogP contribution < -0.4 is 26.5 Å². The van der Waals surface area contributed by atoms with Gasteiger partial charge in [-0.15, -0.1) is 0 Å². The van der Waals surface area contributed by atoms with Crippen molar-refractivity contribution in [1.82, 2.24) is 9.78 Å². The Morgan fingerprint density at radius 3 is 2.60 bits per heavy atom. The van der Waals surface area contributed by atoms with Gasteiger partial charge < -0.3 is 20.7 Å². The molecule has 2 aromatic carbocycles. The molecule has 2 aliphatic heterocycles. The van der Waals surface area contributed by atoms with Crippen LogP contribution in [0.25, 0.3) is 5.69 Å². The van der Waals surface area contributed by atoms with Crippen molar-refractivity contribution in [2.24, 2.45) is 16.3 Å². The zero-order valence-electron chi connectivity index (χ0n) is 23.4. The lowest BCUT2D eigenvalue weighted by Crippen LogP contribution is -2.38. The highest BCUT2D eigenvalue weighted by Gasteiger charge is 2.54. The summed E-state index contributed by atoms with van der Waals surface area (Å²) in [4.78, 5) is 28.2. The van der Waals surface area contributed by atoms with E-state index in [2.05, 4.69) is 27.1 Å². The van der Waals surface area contributed by atoms with Crippen molar-refractivity contribution < 1.29 is 18.3 Å². The number of hydrazone groups is 1. The van der Waals surface area contributed by atoms with Crippen LogP contribution in [0.2, 0.25) is 0 Å². The first kappa shape index (κ1) is 28.0. The van der Waals surface area contributed by atoms with Crippen molar-refractivity contribution in [1.29, 1.82) is 0 Å². The van der Waals surface area contributed by atoms with Crippen LogP contribution in [0.4, 0.5) is 25.8 Å². The number of nitrogens with one attached hydrogen (secondary N) is 1. The number of carbonyl (C=O) groups excluding carboxylic acids is 1. The summed E-state index contributed by atoms with van der Waals surface area (Å²) in [6.45, 7) is 8.42. The highest BCUT2D eigenvalue weighted by Crippen LogP contribution is 2.54. The third kappa shape index (κ3) is 4.94. The van der Waals surface area contributed by atoms with Gasteiger partial charge in [0.2, 0.25) is 0 Å². The summed E-state index contributed by atoms with van der Waals surface area (Å²) in [6, 6.07) is 9.22. The predicted molar refractivity (Wildman–Crippen MR) is 157 cm³/mol. The second kappa shape index (κ2) is 10.9. The Balaban J connectivity index is 1.37. The number of nitrogens with two attached hydrogens (primary N) is 1. The van der Waals surface area contributed by atoms with E-state index >= 15 is 0 Å². The number of hydrogen-bond donors (Lipinski definition) is 2. The Labute approximate surface area is 241 Å². The number of amides is 1. The van der Waals surface area contributed by atoms with Gasteiger partial charge in [0.15, 0.2) is 11.6 Å². The smallest absolute Gasteiger partial charge is 0.276 e. The molecule has 1 spiro atoms. The fraction of sp³-hybridized carbons (Fsp3) is 0.400. The number of ether oxygens (including phenoxy) is 1. The zero-order valence-corrected chi connectivity index (χ0v) is 23.4. The average molecular weight is 578 g/mol. The molecule has 3 aliphatic rings. The number of anilines is 3. The summed E-state index contributed by atoms with van der Waals surface area (Å²) in [5.41, 5.74) is 8.08. The van der Waals surface area contributed by atoms with Crippen molar-refractivity contribution in [3.8, 4) is 5.69 Å². The Hall–Kier alpha value is -4.16. The molecule has 2 atom stereocenters. The fourth-order valence-corrected chi connectivity index (χ4v) is 6.17. The monoisotopic (exact) mass is 577 g/mol. The van der Waals surface area contributed by atoms with Crippen LogP contribution in [-0.4, -0.2) is 60.8 Å². The summed E-state index contributed by atoms with van der Waals surface area (Å²) >= 11 is 0. The van der Waals surface area contributed by atoms with E-state index in [0.29, 0.717) is 23.5 Å². The van der Waals surface area contributed by atoms with Gasteiger partial charge in [-0.05, 0) is 68.5 Å². The van der Waals surface area contributed by atoms with Gasteiger partial charge in [0.05, 0.1) is 29.7 Å². The molecule has 3 aromatic rings. The summed E-state index contributed by atoms with van der Waals surface area (Å²) in [5.74, 6) is -2.59. The van der Waals surface area contributed by atoms with Gasteiger partial charge >= 0.3 is 0 Å². The van der Waals surface area contributed by atoms with Gasteiger partial charge in [-0.1, -0.05) is 6.07 Å². The van der Waals surface area contributed by atoms with Crippen molar-refractivity contribution in [3.63, 3.8) is 0 Å². The molecule has 42 heavy (non-hydrogen) atoms. The Kier molecular flexibility index (Phi) is 7.27. The summed E-state index contributed by atoms with van der Waals surface area (Å²) in [6.07, 6.45) is 3.95. The van der Waals surface area contributed by atoms with Crippen LogP contribution in [0.15, 0.2) is 52.4 Å². The van der Waals surface area contributed by atoms with Crippen molar-refractivity contribution in [2.45, 2.75) is 44.7 Å². The van der Waals surface area contributed by atoms with E-state index < -0.39 is 28.8 Å². The minimum atomic E-state index is -0.973. The van der Waals surface area contributed by atoms with E-state index in [1.165, 1.54) is 12.1 Å².